The number of hydrogen-bond donors (Lipinski definition) is 1. The van der Waals surface area contributed by atoms with E-state index in [2.05, 4.69) is 38.3 Å². The highest BCUT2D eigenvalue weighted by molar-refractivity contribution is 9.10. The van der Waals surface area contributed by atoms with E-state index in [4.69, 9.17) is 0 Å². The molecule has 0 unspecified atom stereocenters. The minimum Gasteiger partial charge on any atom is -0.480 e. The summed E-state index contributed by atoms with van der Waals surface area (Å²) in [5.41, 5.74) is 2.92. The van der Waals surface area contributed by atoms with E-state index in [-0.39, 0.29) is 6.54 Å². The minimum atomic E-state index is -0.907. The quantitative estimate of drug-likeness (QED) is 0.500. The summed E-state index contributed by atoms with van der Waals surface area (Å²) in [7, 11) is 0. The molecule has 2 heterocycles. The number of carboxylic acid groups (broad SMARTS) is 1. The van der Waals surface area contributed by atoms with Gasteiger partial charge in [0, 0.05) is 10.2 Å². The number of rotatable bonds is 5. The Kier molecular flexibility index (Phi) is 4.22. The first-order valence-electron chi connectivity index (χ1n) is 7.55. The molecular formula is C17H13BrN4O2S. The third kappa shape index (κ3) is 3.03. The molecule has 0 fully saturated rings. The van der Waals surface area contributed by atoms with Gasteiger partial charge < -0.3 is 5.11 Å². The molecule has 0 spiro atoms. The van der Waals surface area contributed by atoms with Gasteiger partial charge in [0.05, 0.1) is 11.0 Å². The number of carboxylic acids is 1. The van der Waals surface area contributed by atoms with Crippen LogP contribution in [0.15, 0.2) is 58.2 Å². The molecule has 0 saturated carbocycles. The Morgan fingerprint density at radius 1 is 1.08 bits per heavy atom. The molecule has 4 aromatic rings. The van der Waals surface area contributed by atoms with E-state index in [0.29, 0.717) is 5.78 Å². The molecule has 25 heavy (non-hydrogen) atoms. The van der Waals surface area contributed by atoms with Gasteiger partial charge in [-0.05, 0) is 29.8 Å². The van der Waals surface area contributed by atoms with Gasteiger partial charge in [-0.3, -0.25) is 13.8 Å². The zero-order valence-electron chi connectivity index (χ0n) is 13.0. The minimum absolute atomic E-state index is 0.146. The number of para-hydroxylation sites is 2. The number of nitrogens with zero attached hydrogens (tertiary/aromatic N) is 4. The lowest BCUT2D eigenvalue weighted by molar-refractivity contribution is -0.137. The van der Waals surface area contributed by atoms with Gasteiger partial charge in [0.15, 0.2) is 5.16 Å². The highest BCUT2D eigenvalue weighted by atomic mass is 79.9. The predicted molar refractivity (Wildman–Crippen MR) is 99.8 cm³/mol. The maximum Gasteiger partial charge on any atom is 0.323 e. The monoisotopic (exact) mass is 416 g/mol. The van der Waals surface area contributed by atoms with E-state index < -0.39 is 5.97 Å². The number of fused-ring (bicyclic) bond motifs is 3. The van der Waals surface area contributed by atoms with Crippen LogP contribution in [0.5, 0.6) is 0 Å². The Labute approximate surface area is 155 Å². The molecule has 0 radical (unpaired) electrons. The van der Waals surface area contributed by atoms with Gasteiger partial charge >= 0.3 is 5.97 Å². The average molecular weight is 417 g/mol. The van der Waals surface area contributed by atoms with Crippen LogP contribution in [0.2, 0.25) is 0 Å². The van der Waals surface area contributed by atoms with E-state index in [1.165, 1.54) is 5.56 Å². The summed E-state index contributed by atoms with van der Waals surface area (Å²) < 4.78 is 4.64. The number of imidazole rings is 1. The lowest BCUT2D eigenvalue weighted by Crippen LogP contribution is -2.08. The smallest absolute Gasteiger partial charge is 0.323 e. The summed E-state index contributed by atoms with van der Waals surface area (Å²) in [6.45, 7) is -0.146. The first-order chi connectivity index (χ1) is 12.1. The molecule has 0 atom stereocenters. The molecule has 0 aliphatic rings. The molecular weight excluding hydrogens is 404 g/mol. The van der Waals surface area contributed by atoms with Crippen molar-refractivity contribution in [2.24, 2.45) is 0 Å². The van der Waals surface area contributed by atoms with Crippen molar-refractivity contribution >= 4 is 50.5 Å². The van der Waals surface area contributed by atoms with Crippen LogP contribution in [0.3, 0.4) is 0 Å². The average Bonchev–Trinajstić information content (AvgIpc) is 3.14. The van der Waals surface area contributed by atoms with Crippen molar-refractivity contribution < 1.29 is 9.90 Å². The van der Waals surface area contributed by atoms with Gasteiger partial charge in [0.1, 0.15) is 6.54 Å². The van der Waals surface area contributed by atoms with Gasteiger partial charge in [0.2, 0.25) is 5.78 Å². The molecule has 2 aromatic carbocycles. The number of halogens is 1. The van der Waals surface area contributed by atoms with Gasteiger partial charge in [-0.2, -0.15) is 0 Å². The lowest BCUT2D eigenvalue weighted by Gasteiger charge is -2.00. The van der Waals surface area contributed by atoms with E-state index in [1.807, 2.05) is 40.8 Å². The van der Waals surface area contributed by atoms with Crippen molar-refractivity contribution in [1.82, 2.24) is 19.2 Å². The number of aromatic nitrogens is 4. The summed E-state index contributed by atoms with van der Waals surface area (Å²) in [6, 6.07) is 15.8. The number of thioether (sulfide) groups is 1. The number of hydrogen-bond acceptors (Lipinski definition) is 4. The van der Waals surface area contributed by atoms with Crippen molar-refractivity contribution in [1.29, 1.82) is 0 Å². The second-order valence-corrected chi connectivity index (χ2v) is 7.36. The van der Waals surface area contributed by atoms with Crippen LogP contribution in [-0.2, 0) is 17.1 Å². The first kappa shape index (κ1) is 16.2. The van der Waals surface area contributed by atoms with Gasteiger partial charge in [-0.15, -0.1) is 10.2 Å². The molecule has 0 aliphatic carbocycles. The Morgan fingerprint density at radius 3 is 2.52 bits per heavy atom. The van der Waals surface area contributed by atoms with Gasteiger partial charge in [-0.1, -0.05) is 52.0 Å². The fraction of sp³-hybridized carbons (Fsp3) is 0.118. The first-order valence-corrected chi connectivity index (χ1v) is 9.33. The zero-order chi connectivity index (χ0) is 17.4. The molecule has 0 aliphatic heterocycles. The van der Waals surface area contributed by atoms with Crippen LogP contribution in [-0.4, -0.2) is 30.2 Å². The second kappa shape index (κ2) is 6.53. The van der Waals surface area contributed by atoms with Crippen molar-refractivity contribution in [2.75, 3.05) is 0 Å². The van der Waals surface area contributed by atoms with Crippen molar-refractivity contribution in [3.8, 4) is 0 Å². The summed E-state index contributed by atoms with van der Waals surface area (Å²) in [5, 5.41) is 18.4. The van der Waals surface area contributed by atoms with Crippen LogP contribution in [0, 0.1) is 0 Å². The maximum absolute atomic E-state index is 11.2. The van der Waals surface area contributed by atoms with E-state index in [9.17, 15) is 9.90 Å². The number of benzene rings is 2. The molecule has 4 rings (SSSR count). The van der Waals surface area contributed by atoms with Gasteiger partial charge in [-0.25, -0.2) is 0 Å². The Bertz CT molecular complexity index is 1070. The normalized spacial score (nSPS) is 11.4. The van der Waals surface area contributed by atoms with Crippen molar-refractivity contribution in [3.05, 3.63) is 58.6 Å². The standard InChI is InChI=1S/C17H13BrN4O2S/c18-12-7-5-11(6-8-12)10-25-17-20-19-16-21(9-15(23)24)13-3-1-2-4-14(13)22(16)17/h1-8H,9-10H2,(H,23,24). The maximum atomic E-state index is 11.2. The summed E-state index contributed by atoms with van der Waals surface area (Å²) in [6.07, 6.45) is 0. The van der Waals surface area contributed by atoms with Crippen LogP contribution in [0.4, 0.5) is 0 Å². The van der Waals surface area contributed by atoms with Crippen molar-refractivity contribution in [2.45, 2.75) is 17.5 Å². The SMILES string of the molecule is O=C(O)Cn1c2ccccc2n2c(SCc3ccc(Br)cc3)nnc12. The van der Waals surface area contributed by atoms with Crippen molar-refractivity contribution in [3.63, 3.8) is 0 Å². The third-order valence-corrected chi connectivity index (χ3v) is 5.37. The topological polar surface area (TPSA) is 72.4 Å². The van der Waals surface area contributed by atoms with Crippen LogP contribution >= 0.6 is 27.7 Å². The second-order valence-electron chi connectivity index (χ2n) is 5.50. The molecule has 0 amide bonds. The zero-order valence-corrected chi connectivity index (χ0v) is 15.4. The van der Waals surface area contributed by atoms with Crippen LogP contribution in [0.25, 0.3) is 16.8 Å². The molecule has 126 valence electrons. The third-order valence-electron chi connectivity index (χ3n) is 3.85. The molecule has 1 N–H and O–H groups in total. The molecule has 8 heteroatoms. The Morgan fingerprint density at radius 2 is 1.80 bits per heavy atom. The molecule has 2 aromatic heterocycles. The number of aliphatic carboxylic acids is 1. The fourth-order valence-electron chi connectivity index (χ4n) is 2.75. The summed E-state index contributed by atoms with van der Waals surface area (Å²) in [4.78, 5) is 11.2. The van der Waals surface area contributed by atoms with Gasteiger partial charge in [0.25, 0.3) is 0 Å². The molecule has 0 bridgehead atoms. The van der Waals surface area contributed by atoms with Crippen LogP contribution < -0.4 is 0 Å². The fourth-order valence-corrected chi connectivity index (χ4v) is 3.91. The lowest BCUT2D eigenvalue weighted by atomic mass is 10.2. The molecule has 0 saturated heterocycles. The Balaban J connectivity index is 1.75. The highest BCUT2D eigenvalue weighted by Gasteiger charge is 2.18. The largest absolute Gasteiger partial charge is 0.480 e. The Hall–Kier alpha value is -2.32. The van der Waals surface area contributed by atoms with Crippen LogP contribution in [0.1, 0.15) is 5.56 Å². The van der Waals surface area contributed by atoms with E-state index in [1.54, 1.807) is 16.3 Å². The van der Waals surface area contributed by atoms with E-state index in [0.717, 1.165) is 26.4 Å². The number of carbonyl (C=O) groups is 1. The summed E-state index contributed by atoms with van der Waals surface area (Å²) >= 11 is 5.01. The van der Waals surface area contributed by atoms with E-state index >= 15 is 0 Å². The predicted octanol–water partition coefficient (Wildman–Crippen LogP) is 3.82. The highest BCUT2D eigenvalue weighted by Crippen LogP contribution is 2.28. The molecule has 6 nitrogen and oxygen atoms in total. The summed E-state index contributed by atoms with van der Waals surface area (Å²) in [5.74, 6) is 0.393.